The summed E-state index contributed by atoms with van der Waals surface area (Å²) in [5.41, 5.74) is 0.525. The van der Waals surface area contributed by atoms with E-state index in [0.717, 1.165) is 0 Å². The number of rotatable bonds is 3. The van der Waals surface area contributed by atoms with Gasteiger partial charge in [-0.1, -0.05) is 17.7 Å². The molecular formula is C13H16ClF3N2. The molecule has 2 nitrogen and oxygen atoms in total. The van der Waals surface area contributed by atoms with Crippen LogP contribution in [-0.2, 0) is 0 Å². The van der Waals surface area contributed by atoms with Crippen molar-refractivity contribution in [1.29, 1.82) is 0 Å². The first-order valence-electron chi connectivity index (χ1n) is 6.19. The number of aryl methyl sites for hydroxylation is 1. The van der Waals surface area contributed by atoms with Crippen LogP contribution in [-0.4, -0.2) is 37.5 Å². The summed E-state index contributed by atoms with van der Waals surface area (Å²) >= 11 is 6.04. The molecule has 1 atom stereocenters. The first kappa shape index (κ1) is 14.6. The Kier molecular flexibility index (Phi) is 4.71. The molecule has 1 saturated heterocycles. The average Bonchev–Trinajstić information content (AvgIpc) is 2.39. The van der Waals surface area contributed by atoms with Crippen molar-refractivity contribution >= 4 is 11.6 Å². The first-order valence-corrected chi connectivity index (χ1v) is 6.57. The minimum absolute atomic E-state index is 0.0847. The summed E-state index contributed by atoms with van der Waals surface area (Å²) in [6.45, 7) is 3.84. The molecule has 19 heavy (non-hydrogen) atoms. The average molecular weight is 293 g/mol. The number of alkyl halides is 2. The van der Waals surface area contributed by atoms with Crippen LogP contribution in [0.4, 0.5) is 13.2 Å². The van der Waals surface area contributed by atoms with Crippen LogP contribution in [0.3, 0.4) is 0 Å². The minimum atomic E-state index is -2.67. The van der Waals surface area contributed by atoms with Crippen LogP contribution in [0.25, 0.3) is 0 Å². The lowest BCUT2D eigenvalue weighted by molar-refractivity contribution is 0.0164. The van der Waals surface area contributed by atoms with E-state index in [2.05, 4.69) is 5.32 Å². The van der Waals surface area contributed by atoms with E-state index >= 15 is 0 Å². The van der Waals surface area contributed by atoms with Crippen LogP contribution >= 0.6 is 11.6 Å². The van der Waals surface area contributed by atoms with E-state index in [1.807, 2.05) is 0 Å². The fraction of sp³-hybridized carbons (Fsp3) is 0.538. The molecule has 0 radical (unpaired) electrons. The third-order valence-corrected chi connectivity index (χ3v) is 3.90. The molecule has 1 N–H and O–H groups in total. The van der Waals surface area contributed by atoms with Crippen molar-refractivity contribution in [2.45, 2.75) is 19.4 Å². The van der Waals surface area contributed by atoms with Gasteiger partial charge < -0.3 is 5.32 Å². The van der Waals surface area contributed by atoms with Crippen LogP contribution in [0, 0.1) is 12.7 Å². The maximum Gasteiger partial charge on any atom is 0.258 e. The van der Waals surface area contributed by atoms with Crippen LogP contribution in [0.15, 0.2) is 12.1 Å². The number of hydrogen-bond donors (Lipinski definition) is 1. The molecule has 0 unspecified atom stereocenters. The monoisotopic (exact) mass is 292 g/mol. The van der Waals surface area contributed by atoms with Gasteiger partial charge in [0.1, 0.15) is 11.9 Å². The van der Waals surface area contributed by atoms with Gasteiger partial charge in [-0.15, -0.1) is 0 Å². The smallest absolute Gasteiger partial charge is 0.258 e. The lowest BCUT2D eigenvalue weighted by atomic mass is 10.0. The van der Waals surface area contributed by atoms with Crippen molar-refractivity contribution in [2.24, 2.45) is 0 Å². The van der Waals surface area contributed by atoms with Crippen LogP contribution in [0.5, 0.6) is 0 Å². The molecule has 0 aliphatic carbocycles. The quantitative estimate of drug-likeness (QED) is 0.921. The molecule has 2 rings (SSSR count). The first-order chi connectivity index (χ1) is 9.02. The summed E-state index contributed by atoms with van der Waals surface area (Å²) in [4.78, 5) is 1.59. The van der Waals surface area contributed by atoms with Gasteiger partial charge in [0.05, 0.1) is 5.02 Å². The summed E-state index contributed by atoms with van der Waals surface area (Å²) in [7, 11) is 0. The lowest BCUT2D eigenvalue weighted by Gasteiger charge is -2.35. The Morgan fingerprint density at radius 1 is 1.26 bits per heavy atom. The second kappa shape index (κ2) is 6.11. The standard InChI is InChI=1S/C13H16ClF3N2/c1-8-2-3-9(15)10(11(8)14)12(13(16)17)19-6-4-18-5-7-19/h2-3,12-13,18H,4-7H2,1H3/t12-/m0/s1. The predicted octanol–water partition coefficient (Wildman–Crippen LogP) is 3.00. The van der Waals surface area contributed by atoms with Crippen molar-refractivity contribution in [1.82, 2.24) is 10.2 Å². The highest BCUT2D eigenvalue weighted by Crippen LogP contribution is 2.36. The maximum atomic E-state index is 13.9. The molecule has 1 fully saturated rings. The zero-order chi connectivity index (χ0) is 14.0. The van der Waals surface area contributed by atoms with Crippen LogP contribution in [0.1, 0.15) is 17.2 Å². The molecule has 1 aliphatic heterocycles. The Balaban J connectivity index is 2.41. The molecule has 106 valence electrons. The van der Waals surface area contributed by atoms with Gasteiger partial charge >= 0.3 is 0 Å². The van der Waals surface area contributed by atoms with Gasteiger partial charge in [-0.2, -0.15) is 0 Å². The normalized spacial score (nSPS) is 18.8. The predicted molar refractivity (Wildman–Crippen MR) is 69.3 cm³/mol. The SMILES string of the molecule is Cc1ccc(F)c([C@@H](C(F)F)N2CCNCC2)c1Cl. The van der Waals surface area contributed by atoms with E-state index < -0.39 is 18.3 Å². The fourth-order valence-corrected chi connectivity index (χ4v) is 2.64. The molecule has 6 heteroatoms. The zero-order valence-corrected chi connectivity index (χ0v) is 11.4. The molecule has 0 amide bonds. The van der Waals surface area contributed by atoms with Gasteiger partial charge in [-0.05, 0) is 18.6 Å². The van der Waals surface area contributed by atoms with Crippen molar-refractivity contribution < 1.29 is 13.2 Å². The highest BCUT2D eigenvalue weighted by atomic mass is 35.5. The van der Waals surface area contributed by atoms with Gasteiger partial charge in [0, 0.05) is 31.7 Å². The third-order valence-electron chi connectivity index (χ3n) is 3.40. The van der Waals surface area contributed by atoms with Gasteiger partial charge in [0.15, 0.2) is 0 Å². The second-order valence-corrected chi connectivity index (χ2v) is 5.04. The largest absolute Gasteiger partial charge is 0.314 e. The molecule has 1 aromatic rings. The van der Waals surface area contributed by atoms with Gasteiger partial charge in [-0.3, -0.25) is 4.90 Å². The number of nitrogens with zero attached hydrogens (tertiary/aromatic N) is 1. The van der Waals surface area contributed by atoms with Crippen LogP contribution in [0.2, 0.25) is 5.02 Å². The van der Waals surface area contributed by atoms with E-state index in [1.165, 1.54) is 12.1 Å². The van der Waals surface area contributed by atoms with E-state index in [0.29, 0.717) is 31.7 Å². The molecule has 1 heterocycles. The summed E-state index contributed by atoms with van der Waals surface area (Å²) in [5, 5.41) is 3.19. The zero-order valence-electron chi connectivity index (χ0n) is 10.6. The van der Waals surface area contributed by atoms with Crippen molar-refractivity contribution in [3.05, 3.63) is 34.1 Å². The van der Waals surface area contributed by atoms with E-state index in [4.69, 9.17) is 11.6 Å². The van der Waals surface area contributed by atoms with E-state index in [9.17, 15) is 13.2 Å². The van der Waals surface area contributed by atoms with Gasteiger partial charge in [0.2, 0.25) is 0 Å². The summed E-state index contributed by atoms with van der Waals surface area (Å²) < 4.78 is 40.7. The highest BCUT2D eigenvalue weighted by molar-refractivity contribution is 6.32. The van der Waals surface area contributed by atoms with Gasteiger partial charge in [-0.25, -0.2) is 13.2 Å². The Morgan fingerprint density at radius 3 is 2.47 bits per heavy atom. The summed E-state index contributed by atoms with van der Waals surface area (Å²) in [6.07, 6.45) is -2.67. The molecule has 1 aromatic carbocycles. The van der Waals surface area contributed by atoms with E-state index in [-0.39, 0.29) is 10.6 Å². The van der Waals surface area contributed by atoms with Crippen LogP contribution < -0.4 is 5.32 Å². The fourth-order valence-electron chi connectivity index (χ4n) is 2.38. The highest BCUT2D eigenvalue weighted by Gasteiger charge is 2.34. The minimum Gasteiger partial charge on any atom is -0.314 e. The molecule has 0 bridgehead atoms. The molecular weight excluding hydrogens is 277 g/mol. The number of nitrogens with one attached hydrogen (secondary N) is 1. The second-order valence-electron chi connectivity index (χ2n) is 4.66. The van der Waals surface area contributed by atoms with Crippen molar-refractivity contribution in [2.75, 3.05) is 26.2 Å². The Labute approximate surface area is 115 Å². The van der Waals surface area contributed by atoms with E-state index in [1.54, 1.807) is 11.8 Å². The summed E-state index contributed by atoms with van der Waals surface area (Å²) in [5.74, 6) is -0.667. The lowest BCUT2D eigenvalue weighted by Crippen LogP contribution is -2.47. The maximum absolute atomic E-state index is 13.9. The third kappa shape index (κ3) is 3.04. The Bertz CT molecular complexity index is 448. The number of hydrogen-bond acceptors (Lipinski definition) is 2. The van der Waals surface area contributed by atoms with Gasteiger partial charge in [0.25, 0.3) is 6.43 Å². The topological polar surface area (TPSA) is 15.3 Å². The van der Waals surface area contributed by atoms with Crippen molar-refractivity contribution in [3.8, 4) is 0 Å². The van der Waals surface area contributed by atoms with Crippen molar-refractivity contribution in [3.63, 3.8) is 0 Å². The number of halogens is 4. The Morgan fingerprint density at radius 2 is 1.89 bits per heavy atom. The summed E-state index contributed by atoms with van der Waals surface area (Å²) in [6, 6.07) is 1.42. The number of piperazine rings is 1. The molecule has 0 aromatic heterocycles. The molecule has 1 aliphatic rings. The number of benzene rings is 1. The Hall–Kier alpha value is -0.780. The molecule has 0 saturated carbocycles. The molecule has 0 spiro atoms.